The van der Waals surface area contributed by atoms with Crippen LogP contribution in [0.5, 0.6) is 0 Å². The average Bonchev–Trinajstić information content (AvgIpc) is 2.77. The van der Waals surface area contributed by atoms with Crippen molar-refractivity contribution in [2.75, 3.05) is 11.9 Å². The minimum Gasteiger partial charge on any atom is -0.396 e. The van der Waals surface area contributed by atoms with Gasteiger partial charge in [-0.05, 0) is 54.7 Å². The molecule has 0 spiro atoms. The van der Waals surface area contributed by atoms with Gasteiger partial charge in [0.25, 0.3) is 0 Å². The fraction of sp³-hybridized carbons (Fsp3) is 0.579. The Kier molecular flexibility index (Phi) is 4.34. The summed E-state index contributed by atoms with van der Waals surface area (Å²) in [6.07, 6.45) is 7.29. The molecule has 0 heterocycles. The molecule has 2 nitrogen and oxygen atoms in total. The smallest absolute Gasteiger partial charge is 0.0471 e. The molecule has 21 heavy (non-hydrogen) atoms. The molecule has 1 unspecified atom stereocenters. The Balaban J connectivity index is 1.70. The SMILES string of the molecule is CC1C=C(Nc2ccc(CCO)cc2)[C@@H]2C[C@H](C)CC[C@@H]12. The summed E-state index contributed by atoms with van der Waals surface area (Å²) >= 11 is 0. The van der Waals surface area contributed by atoms with Gasteiger partial charge in [-0.3, -0.25) is 0 Å². The first kappa shape index (κ1) is 14.6. The van der Waals surface area contributed by atoms with Crippen LogP contribution in [0.25, 0.3) is 0 Å². The lowest BCUT2D eigenvalue weighted by Gasteiger charge is -2.34. The molecule has 4 atom stereocenters. The highest BCUT2D eigenvalue weighted by Crippen LogP contribution is 2.47. The van der Waals surface area contributed by atoms with Crippen LogP contribution in [0.1, 0.15) is 38.7 Å². The number of allylic oxidation sites excluding steroid dienone is 2. The van der Waals surface area contributed by atoms with E-state index in [0.29, 0.717) is 5.92 Å². The molecule has 2 aliphatic carbocycles. The average molecular weight is 285 g/mol. The third-order valence-electron chi connectivity index (χ3n) is 5.33. The van der Waals surface area contributed by atoms with E-state index < -0.39 is 0 Å². The molecule has 0 bridgehead atoms. The summed E-state index contributed by atoms with van der Waals surface area (Å²) in [6, 6.07) is 8.49. The van der Waals surface area contributed by atoms with Gasteiger partial charge in [0.05, 0.1) is 0 Å². The first-order valence-electron chi connectivity index (χ1n) is 8.36. The van der Waals surface area contributed by atoms with Crippen LogP contribution in [0.15, 0.2) is 36.0 Å². The Bertz CT molecular complexity index is 505. The highest BCUT2D eigenvalue weighted by atomic mass is 16.2. The lowest BCUT2D eigenvalue weighted by atomic mass is 9.73. The van der Waals surface area contributed by atoms with E-state index in [1.807, 2.05) is 0 Å². The van der Waals surface area contributed by atoms with Crippen LogP contribution in [0.2, 0.25) is 0 Å². The summed E-state index contributed by atoms with van der Waals surface area (Å²) in [4.78, 5) is 0. The monoisotopic (exact) mass is 285 g/mol. The van der Waals surface area contributed by atoms with Crippen LogP contribution in [0.3, 0.4) is 0 Å². The van der Waals surface area contributed by atoms with Crippen molar-refractivity contribution in [3.8, 4) is 0 Å². The molecule has 0 saturated heterocycles. The Morgan fingerprint density at radius 3 is 2.62 bits per heavy atom. The minimum atomic E-state index is 0.219. The van der Waals surface area contributed by atoms with E-state index in [2.05, 4.69) is 49.5 Å². The van der Waals surface area contributed by atoms with E-state index in [4.69, 9.17) is 5.11 Å². The van der Waals surface area contributed by atoms with Crippen LogP contribution in [0, 0.1) is 23.7 Å². The third-order valence-corrected chi connectivity index (χ3v) is 5.33. The highest BCUT2D eigenvalue weighted by molar-refractivity contribution is 5.50. The standard InChI is InChI=1S/C19H27NO/c1-13-3-8-17-14(2)12-19(18(17)11-13)20-16-6-4-15(5-7-16)9-10-21/h4-7,12-14,17-18,20-21H,3,8-11H2,1-2H3/t13-,14?,17+,18-/m1/s1. The maximum absolute atomic E-state index is 8.98. The number of nitrogens with one attached hydrogen (secondary N) is 1. The Morgan fingerprint density at radius 1 is 1.14 bits per heavy atom. The number of hydrogen-bond acceptors (Lipinski definition) is 2. The van der Waals surface area contributed by atoms with Crippen molar-refractivity contribution in [2.24, 2.45) is 23.7 Å². The first-order valence-corrected chi connectivity index (χ1v) is 8.36. The molecule has 3 rings (SSSR count). The molecule has 2 aliphatic rings. The molecule has 2 heteroatoms. The molecule has 0 radical (unpaired) electrons. The molecular weight excluding hydrogens is 258 g/mol. The second kappa shape index (κ2) is 6.23. The largest absolute Gasteiger partial charge is 0.396 e. The summed E-state index contributed by atoms with van der Waals surface area (Å²) in [5.74, 6) is 3.13. The predicted octanol–water partition coefficient (Wildman–Crippen LogP) is 4.22. The summed E-state index contributed by atoms with van der Waals surface area (Å²) in [5.41, 5.74) is 3.81. The number of aliphatic hydroxyl groups is 1. The van der Waals surface area contributed by atoms with Crippen LogP contribution in [0.4, 0.5) is 5.69 Å². The first-order chi connectivity index (χ1) is 10.2. The van der Waals surface area contributed by atoms with Crippen LogP contribution in [-0.2, 0) is 6.42 Å². The van der Waals surface area contributed by atoms with E-state index in [9.17, 15) is 0 Å². The van der Waals surface area contributed by atoms with Crippen LogP contribution >= 0.6 is 0 Å². The number of aliphatic hydroxyl groups excluding tert-OH is 1. The van der Waals surface area contributed by atoms with E-state index in [-0.39, 0.29) is 6.61 Å². The topological polar surface area (TPSA) is 32.3 Å². The van der Waals surface area contributed by atoms with Gasteiger partial charge < -0.3 is 10.4 Å². The molecule has 0 amide bonds. The number of anilines is 1. The zero-order valence-corrected chi connectivity index (χ0v) is 13.2. The Morgan fingerprint density at radius 2 is 1.90 bits per heavy atom. The van der Waals surface area contributed by atoms with E-state index in [1.54, 1.807) is 0 Å². The van der Waals surface area contributed by atoms with Crippen LogP contribution < -0.4 is 5.32 Å². The summed E-state index contributed by atoms with van der Waals surface area (Å²) < 4.78 is 0. The molecule has 1 saturated carbocycles. The van der Waals surface area contributed by atoms with Gasteiger partial charge in [0, 0.05) is 23.9 Å². The molecule has 0 aromatic heterocycles. The zero-order valence-electron chi connectivity index (χ0n) is 13.2. The van der Waals surface area contributed by atoms with Crippen molar-refractivity contribution in [1.29, 1.82) is 0 Å². The zero-order chi connectivity index (χ0) is 14.8. The normalized spacial score (nSPS) is 31.7. The maximum atomic E-state index is 8.98. The molecule has 1 aromatic carbocycles. The molecular formula is C19H27NO. The van der Waals surface area contributed by atoms with Gasteiger partial charge >= 0.3 is 0 Å². The molecule has 2 N–H and O–H groups in total. The van der Waals surface area contributed by atoms with Crippen LogP contribution in [-0.4, -0.2) is 11.7 Å². The minimum absolute atomic E-state index is 0.219. The summed E-state index contributed by atoms with van der Waals surface area (Å²) in [6.45, 7) is 4.98. The number of benzene rings is 1. The molecule has 1 fully saturated rings. The highest BCUT2D eigenvalue weighted by Gasteiger charge is 2.38. The number of hydrogen-bond donors (Lipinski definition) is 2. The summed E-state index contributed by atoms with van der Waals surface area (Å²) in [5, 5.41) is 12.6. The quantitative estimate of drug-likeness (QED) is 0.868. The molecule has 114 valence electrons. The van der Waals surface area contributed by atoms with Crippen molar-refractivity contribution < 1.29 is 5.11 Å². The Labute approximate surface area is 128 Å². The second-order valence-corrected chi connectivity index (χ2v) is 6.97. The predicted molar refractivity (Wildman–Crippen MR) is 88.1 cm³/mol. The van der Waals surface area contributed by atoms with Gasteiger partial charge in [-0.1, -0.05) is 38.5 Å². The Hall–Kier alpha value is -1.28. The lowest BCUT2D eigenvalue weighted by molar-refractivity contribution is 0.203. The summed E-state index contributed by atoms with van der Waals surface area (Å²) in [7, 11) is 0. The van der Waals surface area contributed by atoms with Crippen molar-refractivity contribution >= 4 is 5.69 Å². The maximum Gasteiger partial charge on any atom is 0.0471 e. The van der Waals surface area contributed by atoms with Gasteiger partial charge in [-0.15, -0.1) is 0 Å². The second-order valence-electron chi connectivity index (χ2n) is 6.97. The van der Waals surface area contributed by atoms with Crippen molar-refractivity contribution in [2.45, 2.75) is 39.5 Å². The van der Waals surface area contributed by atoms with Crippen molar-refractivity contribution in [3.63, 3.8) is 0 Å². The van der Waals surface area contributed by atoms with E-state index in [0.717, 1.165) is 24.2 Å². The van der Waals surface area contributed by atoms with Gasteiger partial charge in [0.1, 0.15) is 0 Å². The van der Waals surface area contributed by atoms with E-state index in [1.165, 1.54) is 36.2 Å². The number of fused-ring (bicyclic) bond motifs is 1. The van der Waals surface area contributed by atoms with Crippen molar-refractivity contribution in [1.82, 2.24) is 0 Å². The lowest BCUT2D eigenvalue weighted by Crippen LogP contribution is -2.26. The van der Waals surface area contributed by atoms with Gasteiger partial charge in [0.15, 0.2) is 0 Å². The van der Waals surface area contributed by atoms with Gasteiger partial charge in [0.2, 0.25) is 0 Å². The van der Waals surface area contributed by atoms with Gasteiger partial charge in [-0.2, -0.15) is 0 Å². The fourth-order valence-corrected chi connectivity index (χ4v) is 4.11. The van der Waals surface area contributed by atoms with Gasteiger partial charge in [-0.25, -0.2) is 0 Å². The molecule has 1 aromatic rings. The van der Waals surface area contributed by atoms with Crippen molar-refractivity contribution in [3.05, 3.63) is 41.6 Å². The third kappa shape index (κ3) is 3.16. The van der Waals surface area contributed by atoms with E-state index >= 15 is 0 Å². The number of rotatable bonds is 4. The fourth-order valence-electron chi connectivity index (χ4n) is 4.11. The molecule has 0 aliphatic heterocycles.